The van der Waals surface area contributed by atoms with E-state index in [9.17, 15) is 5.11 Å². The molecule has 0 aromatic carbocycles. The molecule has 2 rings (SSSR count). The standard InChI is InChI=1S/C14H25N3O/c1-11(2)13-12(9-17(3)16-13)8-15-14(10-18)6-4-5-7-14/h9,11,15,18H,4-8,10H2,1-3H3. The fourth-order valence-electron chi connectivity index (χ4n) is 2.90. The molecule has 2 N–H and O–H groups in total. The highest BCUT2D eigenvalue weighted by molar-refractivity contribution is 5.20. The monoisotopic (exact) mass is 251 g/mol. The third-order valence-electron chi connectivity index (χ3n) is 4.00. The van der Waals surface area contributed by atoms with E-state index in [4.69, 9.17) is 0 Å². The van der Waals surface area contributed by atoms with Gasteiger partial charge in [0.25, 0.3) is 0 Å². The lowest BCUT2D eigenvalue weighted by atomic mass is 9.98. The minimum atomic E-state index is -0.0515. The number of aryl methyl sites for hydroxylation is 1. The van der Waals surface area contributed by atoms with Crippen LogP contribution in [0.2, 0.25) is 0 Å². The Balaban J connectivity index is 2.05. The van der Waals surface area contributed by atoms with Crippen molar-refractivity contribution in [3.05, 3.63) is 17.5 Å². The summed E-state index contributed by atoms with van der Waals surface area (Å²) in [4.78, 5) is 0. The molecule has 4 nitrogen and oxygen atoms in total. The summed E-state index contributed by atoms with van der Waals surface area (Å²) in [5.74, 6) is 0.441. The predicted molar refractivity (Wildman–Crippen MR) is 72.4 cm³/mol. The summed E-state index contributed by atoms with van der Waals surface area (Å²) in [6, 6.07) is 0. The van der Waals surface area contributed by atoms with Crippen LogP contribution in [0.1, 0.15) is 56.7 Å². The molecule has 0 atom stereocenters. The van der Waals surface area contributed by atoms with Gasteiger partial charge in [0.05, 0.1) is 12.3 Å². The molecule has 1 aliphatic rings. The van der Waals surface area contributed by atoms with Crippen molar-refractivity contribution in [1.29, 1.82) is 0 Å². The lowest BCUT2D eigenvalue weighted by Gasteiger charge is -2.28. The lowest BCUT2D eigenvalue weighted by molar-refractivity contribution is 0.163. The maximum absolute atomic E-state index is 9.59. The number of aliphatic hydroxyl groups excluding tert-OH is 1. The second-order valence-electron chi connectivity index (χ2n) is 5.87. The van der Waals surface area contributed by atoms with E-state index in [0.717, 1.165) is 25.1 Å². The van der Waals surface area contributed by atoms with E-state index in [0.29, 0.717) is 5.92 Å². The van der Waals surface area contributed by atoms with E-state index in [1.165, 1.54) is 18.4 Å². The Morgan fingerprint density at radius 1 is 1.44 bits per heavy atom. The molecule has 0 radical (unpaired) electrons. The number of nitrogens with one attached hydrogen (secondary N) is 1. The van der Waals surface area contributed by atoms with Crippen molar-refractivity contribution in [1.82, 2.24) is 15.1 Å². The van der Waals surface area contributed by atoms with Gasteiger partial charge in [-0.2, -0.15) is 5.10 Å². The van der Waals surface area contributed by atoms with Crippen LogP contribution in [0.25, 0.3) is 0 Å². The lowest BCUT2D eigenvalue weighted by Crippen LogP contribution is -2.45. The first-order chi connectivity index (χ1) is 8.56. The number of aliphatic hydroxyl groups is 1. The molecule has 0 saturated heterocycles. The van der Waals surface area contributed by atoms with Crippen molar-refractivity contribution in [3.63, 3.8) is 0 Å². The molecule has 4 heteroatoms. The van der Waals surface area contributed by atoms with Gasteiger partial charge in [0.1, 0.15) is 0 Å². The Kier molecular flexibility index (Phi) is 4.07. The molecule has 0 bridgehead atoms. The van der Waals surface area contributed by atoms with Crippen molar-refractivity contribution in [2.24, 2.45) is 7.05 Å². The van der Waals surface area contributed by atoms with Gasteiger partial charge < -0.3 is 10.4 Å². The quantitative estimate of drug-likeness (QED) is 0.841. The van der Waals surface area contributed by atoms with Crippen molar-refractivity contribution < 1.29 is 5.11 Å². The molecule has 102 valence electrons. The van der Waals surface area contributed by atoms with Crippen molar-refractivity contribution in [2.75, 3.05) is 6.61 Å². The number of nitrogens with zero attached hydrogens (tertiary/aromatic N) is 2. The molecular weight excluding hydrogens is 226 g/mol. The molecular formula is C14H25N3O. The van der Waals surface area contributed by atoms with E-state index in [-0.39, 0.29) is 12.1 Å². The maximum Gasteiger partial charge on any atom is 0.0694 e. The van der Waals surface area contributed by atoms with Gasteiger partial charge in [-0.15, -0.1) is 0 Å². The van der Waals surface area contributed by atoms with Crippen LogP contribution in [-0.4, -0.2) is 27.0 Å². The second-order valence-corrected chi connectivity index (χ2v) is 5.87. The van der Waals surface area contributed by atoms with Gasteiger partial charge in [0, 0.05) is 30.9 Å². The number of hydrogen-bond donors (Lipinski definition) is 2. The first-order valence-corrected chi connectivity index (χ1v) is 6.95. The van der Waals surface area contributed by atoms with Crippen LogP contribution >= 0.6 is 0 Å². The van der Waals surface area contributed by atoms with E-state index in [1.807, 2.05) is 11.7 Å². The highest BCUT2D eigenvalue weighted by Crippen LogP contribution is 2.30. The van der Waals surface area contributed by atoms with Gasteiger partial charge in [-0.3, -0.25) is 4.68 Å². The summed E-state index contributed by atoms with van der Waals surface area (Å²) in [6.07, 6.45) is 6.69. The van der Waals surface area contributed by atoms with Crippen LogP contribution in [0.5, 0.6) is 0 Å². The zero-order valence-corrected chi connectivity index (χ0v) is 11.7. The fourth-order valence-corrected chi connectivity index (χ4v) is 2.90. The molecule has 0 unspecified atom stereocenters. The average Bonchev–Trinajstić information content (AvgIpc) is 2.93. The third-order valence-corrected chi connectivity index (χ3v) is 4.00. The number of hydrogen-bond acceptors (Lipinski definition) is 3. The minimum absolute atomic E-state index is 0.0515. The summed E-state index contributed by atoms with van der Waals surface area (Å²) >= 11 is 0. The Morgan fingerprint density at radius 2 is 2.11 bits per heavy atom. The summed E-state index contributed by atoms with van der Waals surface area (Å²) in [7, 11) is 1.97. The smallest absolute Gasteiger partial charge is 0.0694 e. The molecule has 1 aliphatic carbocycles. The first-order valence-electron chi connectivity index (χ1n) is 6.95. The normalized spacial score (nSPS) is 18.7. The van der Waals surface area contributed by atoms with E-state index in [1.54, 1.807) is 0 Å². The summed E-state index contributed by atoms with van der Waals surface area (Å²) < 4.78 is 1.88. The van der Waals surface area contributed by atoms with Crippen LogP contribution < -0.4 is 5.32 Å². The van der Waals surface area contributed by atoms with Crippen LogP contribution in [0, 0.1) is 0 Å². The summed E-state index contributed by atoms with van der Waals surface area (Å²) in [5, 5.41) is 17.7. The second kappa shape index (κ2) is 5.41. The highest BCUT2D eigenvalue weighted by Gasteiger charge is 2.32. The van der Waals surface area contributed by atoms with Crippen LogP contribution in [-0.2, 0) is 13.6 Å². The molecule has 18 heavy (non-hydrogen) atoms. The molecule has 1 heterocycles. The van der Waals surface area contributed by atoms with Gasteiger partial charge >= 0.3 is 0 Å². The van der Waals surface area contributed by atoms with E-state index in [2.05, 4.69) is 30.5 Å². The minimum Gasteiger partial charge on any atom is -0.394 e. The van der Waals surface area contributed by atoms with E-state index < -0.39 is 0 Å². The number of aromatic nitrogens is 2. The molecule has 0 spiro atoms. The van der Waals surface area contributed by atoms with Crippen LogP contribution in [0.4, 0.5) is 0 Å². The van der Waals surface area contributed by atoms with Crippen LogP contribution in [0.15, 0.2) is 6.20 Å². The van der Waals surface area contributed by atoms with Crippen molar-refractivity contribution in [3.8, 4) is 0 Å². The van der Waals surface area contributed by atoms with Crippen molar-refractivity contribution >= 4 is 0 Å². The molecule has 1 aromatic heterocycles. The molecule has 0 amide bonds. The van der Waals surface area contributed by atoms with Gasteiger partial charge in [-0.25, -0.2) is 0 Å². The average molecular weight is 251 g/mol. The Bertz CT molecular complexity index is 392. The zero-order chi connectivity index (χ0) is 13.2. The van der Waals surface area contributed by atoms with Gasteiger partial charge in [-0.05, 0) is 18.8 Å². The molecule has 1 saturated carbocycles. The Morgan fingerprint density at radius 3 is 2.67 bits per heavy atom. The van der Waals surface area contributed by atoms with Crippen LogP contribution in [0.3, 0.4) is 0 Å². The SMILES string of the molecule is CC(C)c1nn(C)cc1CNC1(CO)CCCC1. The molecule has 0 aliphatic heterocycles. The van der Waals surface area contributed by atoms with Crippen molar-refractivity contribution in [2.45, 2.75) is 57.5 Å². The van der Waals surface area contributed by atoms with Gasteiger partial charge in [0.2, 0.25) is 0 Å². The molecule has 1 aromatic rings. The van der Waals surface area contributed by atoms with Gasteiger partial charge in [-0.1, -0.05) is 26.7 Å². The highest BCUT2D eigenvalue weighted by atomic mass is 16.3. The predicted octanol–water partition coefficient (Wildman–Crippen LogP) is 1.94. The van der Waals surface area contributed by atoms with Gasteiger partial charge in [0.15, 0.2) is 0 Å². The van der Waals surface area contributed by atoms with E-state index >= 15 is 0 Å². The fraction of sp³-hybridized carbons (Fsp3) is 0.786. The Labute approximate surface area is 109 Å². The first kappa shape index (κ1) is 13.6. The summed E-state index contributed by atoms with van der Waals surface area (Å²) in [6.45, 7) is 5.39. The Hall–Kier alpha value is -0.870. The summed E-state index contributed by atoms with van der Waals surface area (Å²) in [5.41, 5.74) is 2.37. The largest absolute Gasteiger partial charge is 0.394 e. The molecule has 1 fully saturated rings. The topological polar surface area (TPSA) is 50.1 Å². The third kappa shape index (κ3) is 2.75. The zero-order valence-electron chi connectivity index (χ0n) is 11.7. The number of rotatable bonds is 5. The maximum atomic E-state index is 9.59.